The summed E-state index contributed by atoms with van der Waals surface area (Å²) in [6, 6.07) is 10.4. The van der Waals surface area contributed by atoms with E-state index >= 15 is 0 Å². The minimum atomic E-state index is -3.86. The molecule has 7 nitrogen and oxygen atoms in total. The maximum absolute atomic E-state index is 12.6. The standard InChI is InChI=1S/C19H22N2O5S/c1-12(2)21-27(24,25)18-11-14(9-10-17(18)26-4)19(23)20-16-8-6-5-7-15(16)13(3)22/h5-12,21H,1-4H3,(H,20,23). The third-order valence-electron chi connectivity index (χ3n) is 3.66. The van der Waals surface area contributed by atoms with Gasteiger partial charge < -0.3 is 10.1 Å². The highest BCUT2D eigenvalue weighted by atomic mass is 32.2. The van der Waals surface area contributed by atoms with Gasteiger partial charge in [0.25, 0.3) is 5.91 Å². The Morgan fingerprint density at radius 2 is 1.74 bits per heavy atom. The smallest absolute Gasteiger partial charge is 0.255 e. The van der Waals surface area contributed by atoms with Crippen LogP contribution in [0.1, 0.15) is 41.5 Å². The molecule has 2 N–H and O–H groups in total. The Labute approximate surface area is 158 Å². The largest absolute Gasteiger partial charge is 0.495 e. The van der Waals surface area contributed by atoms with Gasteiger partial charge in [0.2, 0.25) is 10.0 Å². The van der Waals surface area contributed by atoms with Crippen LogP contribution in [-0.4, -0.2) is 33.3 Å². The molecule has 2 rings (SSSR count). The van der Waals surface area contributed by atoms with Crippen molar-refractivity contribution in [3.63, 3.8) is 0 Å². The topological polar surface area (TPSA) is 102 Å². The molecule has 0 saturated heterocycles. The van der Waals surface area contributed by atoms with Crippen molar-refractivity contribution in [3.8, 4) is 5.75 Å². The number of carbonyl (C=O) groups is 2. The maximum atomic E-state index is 12.6. The first-order valence-electron chi connectivity index (χ1n) is 8.27. The number of Topliss-reactive ketones (excluding diaryl/α,β-unsaturated/α-hetero) is 1. The summed E-state index contributed by atoms with van der Waals surface area (Å²) in [4.78, 5) is 24.2. The number of hydrogen-bond acceptors (Lipinski definition) is 5. The van der Waals surface area contributed by atoms with E-state index in [1.54, 1.807) is 38.1 Å². The van der Waals surface area contributed by atoms with Crippen LogP contribution in [0.15, 0.2) is 47.4 Å². The molecular weight excluding hydrogens is 368 g/mol. The van der Waals surface area contributed by atoms with Crippen LogP contribution in [0.5, 0.6) is 5.75 Å². The Kier molecular flexibility index (Phi) is 6.35. The molecule has 2 aromatic rings. The molecule has 0 radical (unpaired) electrons. The van der Waals surface area contributed by atoms with Gasteiger partial charge in [0.1, 0.15) is 10.6 Å². The molecule has 0 aliphatic rings. The number of benzene rings is 2. The van der Waals surface area contributed by atoms with Crippen molar-refractivity contribution in [2.24, 2.45) is 0 Å². The first kappa shape index (κ1) is 20.6. The van der Waals surface area contributed by atoms with E-state index < -0.39 is 15.9 Å². The van der Waals surface area contributed by atoms with Gasteiger partial charge in [0.15, 0.2) is 5.78 Å². The molecule has 0 atom stereocenters. The number of sulfonamides is 1. The van der Waals surface area contributed by atoms with Crippen LogP contribution < -0.4 is 14.8 Å². The van der Waals surface area contributed by atoms with E-state index in [1.165, 1.54) is 32.2 Å². The van der Waals surface area contributed by atoms with Crippen LogP contribution in [-0.2, 0) is 10.0 Å². The van der Waals surface area contributed by atoms with Crippen molar-refractivity contribution in [3.05, 3.63) is 53.6 Å². The number of amides is 1. The van der Waals surface area contributed by atoms with Crippen molar-refractivity contribution in [1.82, 2.24) is 4.72 Å². The van der Waals surface area contributed by atoms with Gasteiger partial charge in [-0.25, -0.2) is 13.1 Å². The van der Waals surface area contributed by atoms with Gasteiger partial charge in [0, 0.05) is 17.2 Å². The van der Waals surface area contributed by atoms with E-state index in [9.17, 15) is 18.0 Å². The lowest BCUT2D eigenvalue weighted by Crippen LogP contribution is -2.30. The second-order valence-electron chi connectivity index (χ2n) is 6.20. The van der Waals surface area contributed by atoms with Crippen molar-refractivity contribution in [2.45, 2.75) is 31.7 Å². The first-order valence-corrected chi connectivity index (χ1v) is 9.75. The minimum Gasteiger partial charge on any atom is -0.495 e. The molecular formula is C19H22N2O5S. The first-order chi connectivity index (χ1) is 12.7. The molecule has 0 unspecified atom stereocenters. The van der Waals surface area contributed by atoms with Crippen molar-refractivity contribution >= 4 is 27.4 Å². The second-order valence-corrected chi connectivity index (χ2v) is 7.88. The van der Waals surface area contributed by atoms with Gasteiger partial charge in [-0.05, 0) is 51.1 Å². The summed E-state index contributed by atoms with van der Waals surface area (Å²) >= 11 is 0. The number of rotatable bonds is 7. The number of ether oxygens (including phenoxy) is 1. The summed E-state index contributed by atoms with van der Waals surface area (Å²) in [5.74, 6) is -0.596. The molecule has 0 aromatic heterocycles. The van der Waals surface area contributed by atoms with Gasteiger partial charge in [-0.3, -0.25) is 9.59 Å². The van der Waals surface area contributed by atoms with E-state index in [0.29, 0.717) is 11.3 Å². The Balaban J connectivity index is 2.41. The number of ketones is 1. The zero-order valence-corrected chi connectivity index (χ0v) is 16.4. The Morgan fingerprint density at radius 3 is 2.33 bits per heavy atom. The molecule has 0 spiro atoms. The summed E-state index contributed by atoms with van der Waals surface area (Å²) in [5, 5.41) is 2.65. The van der Waals surface area contributed by atoms with Crippen LogP contribution in [0.25, 0.3) is 0 Å². The van der Waals surface area contributed by atoms with Crippen LogP contribution in [0.4, 0.5) is 5.69 Å². The molecule has 8 heteroatoms. The predicted octanol–water partition coefficient (Wildman–Crippen LogP) is 2.84. The molecule has 0 heterocycles. The van der Waals surface area contributed by atoms with Gasteiger partial charge in [-0.15, -0.1) is 0 Å². The van der Waals surface area contributed by atoms with Crippen LogP contribution in [0.2, 0.25) is 0 Å². The van der Waals surface area contributed by atoms with E-state index in [4.69, 9.17) is 4.74 Å². The summed E-state index contributed by atoms with van der Waals surface area (Å²) in [5.41, 5.74) is 0.850. The quantitative estimate of drug-likeness (QED) is 0.708. The van der Waals surface area contributed by atoms with Crippen LogP contribution >= 0.6 is 0 Å². The second kappa shape index (κ2) is 8.32. The lowest BCUT2D eigenvalue weighted by atomic mass is 10.1. The fourth-order valence-electron chi connectivity index (χ4n) is 2.50. The third kappa shape index (κ3) is 4.93. The van der Waals surface area contributed by atoms with Crippen molar-refractivity contribution < 1.29 is 22.7 Å². The molecule has 2 aromatic carbocycles. The molecule has 0 bridgehead atoms. The Bertz CT molecular complexity index is 968. The molecule has 0 aliphatic heterocycles. The van der Waals surface area contributed by atoms with Crippen LogP contribution in [0, 0.1) is 0 Å². The molecule has 0 aliphatic carbocycles. The fraction of sp³-hybridized carbons (Fsp3) is 0.263. The summed E-state index contributed by atoms with van der Waals surface area (Å²) < 4.78 is 32.6. The van der Waals surface area contributed by atoms with Crippen molar-refractivity contribution in [1.29, 1.82) is 0 Å². The molecule has 0 saturated carbocycles. The molecule has 1 amide bonds. The number of methoxy groups -OCH3 is 1. The lowest BCUT2D eigenvalue weighted by Gasteiger charge is -2.14. The average Bonchev–Trinajstić information content (AvgIpc) is 2.60. The average molecular weight is 390 g/mol. The maximum Gasteiger partial charge on any atom is 0.255 e. The SMILES string of the molecule is COc1ccc(C(=O)Nc2ccccc2C(C)=O)cc1S(=O)(=O)NC(C)C. The molecule has 27 heavy (non-hydrogen) atoms. The van der Waals surface area contributed by atoms with Gasteiger partial charge in [-0.2, -0.15) is 0 Å². The Hall–Kier alpha value is -2.71. The highest BCUT2D eigenvalue weighted by molar-refractivity contribution is 7.89. The number of hydrogen-bond donors (Lipinski definition) is 2. The monoisotopic (exact) mass is 390 g/mol. The highest BCUT2D eigenvalue weighted by Crippen LogP contribution is 2.26. The molecule has 144 valence electrons. The van der Waals surface area contributed by atoms with E-state index in [1.807, 2.05) is 0 Å². The van der Waals surface area contributed by atoms with E-state index in [-0.39, 0.29) is 28.0 Å². The van der Waals surface area contributed by atoms with Crippen LogP contribution in [0.3, 0.4) is 0 Å². The minimum absolute atomic E-state index is 0.123. The normalized spacial score (nSPS) is 11.3. The number of carbonyl (C=O) groups excluding carboxylic acids is 2. The highest BCUT2D eigenvalue weighted by Gasteiger charge is 2.23. The number of nitrogens with one attached hydrogen (secondary N) is 2. The summed E-state index contributed by atoms with van der Waals surface area (Å²) in [6.45, 7) is 4.79. The Morgan fingerprint density at radius 1 is 1.07 bits per heavy atom. The van der Waals surface area contributed by atoms with Gasteiger partial charge >= 0.3 is 0 Å². The summed E-state index contributed by atoms with van der Waals surface area (Å²) in [7, 11) is -2.51. The van der Waals surface area contributed by atoms with Gasteiger partial charge in [-0.1, -0.05) is 12.1 Å². The zero-order chi connectivity index (χ0) is 20.2. The van der Waals surface area contributed by atoms with Crippen molar-refractivity contribution in [2.75, 3.05) is 12.4 Å². The molecule has 0 fully saturated rings. The number of para-hydroxylation sites is 1. The lowest BCUT2D eigenvalue weighted by molar-refractivity contribution is 0.101. The number of anilines is 1. The van der Waals surface area contributed by atoms with Gasteiger partial charge in [0.05, 0.1) is 12.8 Å². The predicted molar refractivity (Wildman–Crippen MR) is 103 cm³/mol. The van der Waals surface area contributed by atoms with E-state index in [2.05, 4.69) is 10.0 Å². The summed E-state index contributed by atoms with van der Waals surface area (Å²) in [6.07, 6.45) is 0. The third-order valence-corrected chi connectivity index (χ3v) is 5.34. The zero-order valence-electron chi connectivity index (χ0n) is 15.6. The van der Waals surface area contributed by atoms with E-state index in [0.717, 1.165) is 0 Å². The fourth-order valence-corrected chi connectivity index (χ4v) is 3.94.